The van der Waals surface area contributed by atoms with Gasteiger partial charge in [-0.25, -0.2) is 4.98 Å². The van der Waals surface area contributed by atoms with Crippen LogP contribution in [0.25, 0.3) is 0 Å². The van der Waals surface area contributed by atoms with Gasteiger partial charge in [0.1, 0.15) is 11.4 Å². The largest absolute Gasteiger partial charge is 0.496 e. The van der Waals surface area contributed by atoms with Crippen molar-refractivity contribution >= 4 is 0 Å². The number of hydrogen-bond acceptors (Lipinski definition) is 5. The van der Waals surface area contributed by atoms with Crippen LogP contribution < -0.4 is 15.2 Å². The third-order valence-electron chi connectivity index (χ3n) is 2.65. The molecule has 0 radical (unpaired) electrons. The lowest BCUT2D eigenvalue weighted by Crippen LogP contribution is -2.16. The average molecular weight is 245 g/mol. The molecule has 1 aromatic heterocycles. The fraction of sp³-hybridized carbons (Fsp3) is 0.231. The van der Waals surface area contributed by atoms with Crippen LogP contribution in [-0.4, -0.2) is 24.2 Å². The van der Waals surface area contributed by atoms with E-state index >= 15 is 0 Å². The molecule has 2 N–H and O–H groups in total. The van der Waals surface area contributed by atoms with Gasteiger partial charge < -0.3 is 15.2 Å². The smallest absolute Gasteiger partial charge is 0.237 e. The second kappa shape index (κ2) is 5.46. The van der Waals surface area contributed by atoms with E-state index in [1.54, 1.807) is 26.6 Å². The van der Waals surface area contributed by atoms with E-state index in [1.807, 2.05) is 24.3 Å². The fourth-order valence-electron chi connectivity index (χ4n) is 1.78. The maximum absolute atomic E-state index is 6.21. The molecule has 0 saturated carbocycles. The van der Waals surface area contributed by atoms with Gasteiger partial charge in [0, 0.05) is 18.0 Å². The summed E-state index contributed by atoms with van der Waals surface area (Å²) in [6.07, 6.45) is 3.16. The molecule has 0 bridgehead atoms. The lowest BCUT2D eigenvalue weighted by Gasteiger charge is -2.16. The zero-order valence-corrected chi connectivity index (χ0v) is 10.3. The van der Waals surface area contributed by atoms with E-state index < -0.39 is 6.04 Å². The predicted molar refractivity (Wildman–Crippen MR) is 67.6 cm³/mol. The van der Waals surface area contributed by atoms with Crippen molar-refractivity contribution in [1.82, 2.24) is 9.97 Å². The Kier molecular flexibility index (Phi) is 3.74. The molecule has 0 aliphatic rings. The van der Waals surface area contributed by atoms with Gasteiger partial charge in [-0.15, -0.1) is 0 Å². The third-order valence-corrected chi connectivity index (χ3v) is 2.65. The zero-order chi connectivity index (χ0) is 13.0. The van der Waals surface area contributed by atoms with Crippen LogP contribution in [0.5, 0.6) is 11.6 Å². The molecule has 5 heteroatoms. The molecule has 0 saturated heterocycles. The topological polar surface area (TPSA) is 70.3 Å². The van der Waals surface area contributed by atoms with Crippen molar-refractivity contribution in [2.45, 2.75) is 6.04 Å². The molecule has 5 nitrogen and oxygen atoms in total. The van der Waals surface area contributed by atoms with Gasteiger partial charge in [-0.05, 0) is 6.07 Å². The van der Waals surface area contributed by atoms with Crippen molar-refractivity contribution in [3.8, 4) is 11.6 Å². The van der Waals surface area contributed by atoms with E-state index in [1.165, 1.54) is 0 Å². The summed E-state index contributed by atoms with van der Waals surface area (Å²) in [6.45, 7) is 0. The standard InChI is InChI=1S/C13H15N3O2/c1-17-10-6-4-3-5-9(10)11(14)12-13(18-2)16-8-7-15-12/h3-8,11H,14H2,1-2H3. The molecule has 0 fully saturated rings. The second-order valence-corrected chi connectivity index (χ2v) is 3.67. The summed E-state index contributed by atoms with van der Waals surface area (Å²) in [6, 6.07) is 7.11. The van der Waals surface area contributed by atoms with Gasteiger partial charge in [0.15, 0.2) is 0 Å². The first-order chi connectivity index (χ1) is 8.77. The highest BCUT2D eigenvalue weighted by Gasteiger charge is 2.19. The molecular formula is C13H15N3O2. The Labute approximate surface area is 106 Å². The van der Waals surface area contributed by atoms with Gasteiger partial charge in [0.2, 0.25) is 5.88 Å². The third kappa shape index (κ3) is 2.26. The number of rotatable bonds is 4. The van der Waals surface area contributed by atoms with Crippen LogP contribution in [0.15, 0.2) is 36.7 Å². The van der Waals surface area contributed by atoms with Crippen molar-refractivity contribution < 1.29 is 9.47 Å². The van der Waals surface area contributed by atoms with Crippen molar-refractivity contribution in [3.63, 3.8) is 0 Å². The maximum Gasteiger partial charge on any atom is 0.237 e. The molecule has 1 unspecified atom stereocenters. The summed E-state index contributed by atoms with van der Waals surface area (Å²) >= 11 is 0. The Morgan fingerprint density at radius 1 is 1.06 bits per heavy atom. The molecule has 1 atom stereocenters. The van der Waals surface area contributed by atoms with E-state index in [4.69, 9.17) is 15.2 Å². The van der Waals surface area contributed by atoms with E-state index in [-0.39, 0.29) is 0 Å². The average Bonchev–Trinajstić information content (AvgIpc) is 2.46. The van der Waals surface area contributed by atoms with Gasteiger partial charge in [-0.1, -0.05) is 18.2 Å². The Hall–Kier alpha value is -2.14. The zero-order valence-electron chi connectivity index (χ0n) is 10.3. The van der Waals surface area contributed by atoms with E-state index in [2.05, 4.69) is 9.97 Å². The summed E-state index contributed by atoms with van der Waals surface area (Å²) in [5.41, 5.74) is 7.64. The number of ether oxygens (including phenoxy) is 2. The number of benzene rings is 1. The van der Waals surface area contributed by atoms with Crippen LogP contribution >= 0.6 is 0 Å². The molecule has 1 aromatic carbocycles. The predicted octanol–water partition coefficient (Wildman–Crippen LogP) is 1.54. The molecule has 0 amide bonds. The first-order valence-corrected chi connectivity index (χ1v) is 5.51. The highest BCUT2D eigenvalue weighted by Crippen LogP contribution is 2.30. The van der Waals surface area contributed by atoms with Crippen LogP contribution in [-0.2, 0) is 0 Å². The highest BCUT2D eigenvalue weighted by molar-refractivity contribution is 5.41. The van der Waals surface area contributed by atoms with Crippen molar-refractivity contribution in [3.05, 3.63) is 47.9 Å². The van der Waals surface area contributed by atoms with Gasteiger partial charge in [-0.3, -0.25) is 4.98 Å². The minimum atomic E-state index is -0.440. The summed E-state index contributed by atoms with van der Waals surface area (Å²) in [5.74, 6) is 1.15. The Bertz CT molecular complexity index is 484. The number of hydrogen-bond donors (Lipinski definition) is 1. The van der Waals surface area contributed by atoms with Crippen LogP contribution in [0.3, 0.4) is 0 Å². The molecule has 2 aromatic rings. The molecule has 1 heterocycles. The molecule has 94 valence electrons. The second-order valence-electron chi connectivity index (χ2n) is 3.67. The van der Waals surface area contributed by atoms with Crippen LogP contribution in [0.2, 0.25) is 0 Å². The Balaban J connectivity index is 2.44. The molecule has 18 heavy (non-hydrogen) atoms. The summed E-state index contributed by atoms with van der Waals surface area (Å²) in [4.78, 5) is 8.33. The number of methoxy groups -OCH3 is 2. The van der Waals surface area contributed by atoms with Gasteiger partial charge in [0.25, 0.3) is 0 Å². The Morgan fingerprint density at radius 2 is 1.78 bits per heavy atom. The van der Waals surface area contributed by atoms with Crippen LogP contribution in [0.4, 0.5) is 0 Å². The molecule has 0 aliphatic carbocycles. The van der Waals surface area contributed by atoms with Crippen molar-refractivity contribution in [2.24, 2.45) is 5.73 Å². The molecule has 0 spiro atoms. The molecule has 2 rings (SSSR count). The van der Waals surface area contributed by atoms with E-state index in [0.717, 1.165) is 11.3 Å². The summed E-state index contributed by atoms with van der Waals surface area (Å²) < 4.78 is 10.5. The van der Waals surface area contributed by atoms with Crippen LogP contribution in [0.1, 0.15) is 17.3 Å². The first-order valence-electron chi connectivity index (χ1n) is 5.51. The summed E-state index contributed by atoms with van der Waals surface area (Å²) in [5, 5.41) is 0. The number of nitrogens with two attached hydrogens (primary N) is 1. The van der Waals surface area contributed by atoms with E-state index in [0.29, 0.717) is 11.6 Å². The summed E-state index contributed by atoms with van der Waals surface area (Å²) in [7, 11) is 3.15. The Morgan fingerprint density at radius 3 is 2.50 bits per heavy atom. The lowest BCUT2D eigenvalue weighted by molar-refractivity contribution is 0.384. The van der Waals surface area contributed by atoms with Crippen molar-refractivity contribution in [2.75, 3.05) is 14.2 Å². The maximum atomic E-state index is 6.21. The van der Waals surface area contributed by atoms with E-state index in [9.17, 15) is 0 Å². The SMILES string of the molecule is COc1ccccc1C(N)c1nccnc1OC. The van der Waals surface area contributed by atoms with Crippen LogP contribution in [0, 0.1) is 0 Å². The van der Waals surface area contributed by atoms with Gasteiger partial charge in [-0.2, -0.15) is 0 Å². The lowest BCUT2D eigenvalue weighted by atomic mass is 10.0. The fourth-order valence-corrected chi connectivity index (χ4v) is 1.78. The number of aromatic nitrogens is 2. The quantitative estimate of drug-likeness (QED) is 0.884. The highest BCUT2D eigenvalue weighted by atomic mass is 16.5. The molecule has 0 aliphatic heterocycles. The van der Waals surface area contributed by atoms with Crippen molar-refractivity contribution in [1.29, 1.82) is 0 Å². The number of nitrogens with zero attached hydrogens (tertiary/aromatic N) is 2. The van der Waals surface area contributed by atoms with Gasteiger partial charge >= 0.3 is 0 Å². The normalized spacial score (nSPS) is 11.9. The minimum absolute atomic E-state index is 0.427. The number of para-hydroxylation sites is 1. The van der Waals surface area contributed by atoms with Gasteiger partial charge in [0.05, 0.1) is 20.3 Å². The first kappa shape index (κ1) is 12.3. The monoisotopic (exact) mass is 245 g/mol. The molecular weight excluding hydrogens is 230 g/mol. The minimum Gasteiger partial charge on any atom is -0.496 e.